The number of rotatable bonds is 9. The first-order valence-corrected chi connectivity index (χ1v) is 9.64. The first-order valence-electron chi connectivity index (χ1n) is 7.30. The van der Waals surface area contributed by atoms with E-state index >= 15 is 0 Å². The van der Waals surface area contributed by atoms with Gasteiger partial charge in [-0.3, -0.25) is 8.37 Å². The Hall–Kier alpha value is -0.395. The van der Waals surface area contributed by atoms with Gasteiger partial charge in [-0.05, 0) is 0 Å². The third kappa shape index (κ3) is 7.86. The Labute approximate surface area is 154 Å². The molecule has 0 bridgehead atoms. The maximum atomic E-state index is 14.3. The summed E-state index contributed by atoms with van der Waals surface area (Å²) in [6.07, 6.45) is -6.01. The second-order valence-electron chi connectivity index (χ2n) is 5.38. The minimum atomic E-state index is -4.31. The first-order chi connectivity index (χ1) is 12.6. The van der Waals surface area contributed by atoms with Gasteiger partial charge in [0.2, 0.25) is 0 Å². The Balaban J connectivity index is 1.86. The second kappa shape index (κ2) is 9.88. The topological polar surface area (TPSA) is 116 Å². The predicted octanol–water partition coefficient (Wildman–Crippen LogP) is -0.382. The Morgan fingerprint density at radius 3 is 2.52 bits per heavy atom. The molecule has 17 heteroatoms. The molecule has 0 aromatic rings. The monoisotopic (exact) mass is 446 g/mol. The highest BCUT2D eigenvalue weighted by molar-refractivity contribution is 7.81. The van der Waals surface area contributed by atoms with Crippen LogP contribution in [-0.4, -0.2) is 84.0 Å². The molecule has 10 nitrogen and oxygen atoms in total. The zero-order chi connectivity index (χ0) is 20.1. The van der Waals surface area contributed by atoms with E-state index in [4.69, 9.17) is 9.31 Å². The van der Waals surface area contributed by atoms with E-state index in [9.17, 15) is 30.2 Å². The van der Waals surface area contributed by atoms with Crippen LogP contribution in [0, 0.1) is 0 Å². The summed E-state index contributed by atoms with van der Waals surface area (Å²) in [6, 6.07) is 0. The molecule has 2 aliphatic rings. The third-order valence-electron chi connectivity index (χ3n) is 3.09. The van der Waals surface area contributed by atoms with E-state index in [1.54, 1.807) is 0 Å². The van der Waals surface area contributed by atoms with Gasteiger partial charge in [0.05, 0.1) is 19.8 Å². The highest BCUT2D eigenvalue weighted by atomic mass is 32.3. The van der Waals surface area contributed by atoms with Crippen molar-refractivity contribution in [2.75, 3.05) is 39.6 Å². The molecule has 0 saturated carbocycles. The first kappa shape index (κ1) is 22.9. The van der Waals surface area contributed by atoms with Crippen molar-refractivity contribution in [1.29, 1.82) is 0 Å². The van der Waals surface area contributed by atoms with Crippen molar-refractivity contribution in [3.05, 3.63) is 0 Å². The standard InChI is InChI=1S/C10H15BF4O10S2/c12-7-1-22-26(16)25-8(7)2-19-11(20-3-9(13)14)21-4-10(15)5-23-27(17,18)24-6-10/h7-9H,1-6H2. The van der Waals surface area contributed by atoms with Gasteiger partial charge >= 0.3 is 29.1 Å². The van der Waals surface area contributed by atoms with Crippen LogP contribution in [0.4, 0.5) is 17.6 Å². The molecule has 3 unspecified atom stereocenters. The lowest BCUT2D eigenvalue weighted by Crippen LogP contribution is -2.48. The van der Waals surface area contributed by atoms with Gasteiger partial charge in [0.15, 0.2) is 11.8 Å². The number of hydrogen-bond acceptors (Lipinski definition) is 10. The molecule has 0 aromatic heterocycles. The normalized spacial score (nSPS) is 30.3. The Morgan fingerprint density at radius 2 is 1.89 bits per heavy atom. The van der Waals surface area contributed by atoms with E-state index in [2.05, 4.69) is 21.4 Å². The minimum Gasteiger partial charge on any atom is -0.383 e. The molecule has 3 atom stereocenters. The van der Waals surface area contributed by atoms with Crippen LogP contribution in [0.25, 0.3) is 0 Å². The fraction of sp³-hybridized carbons (Fsp3) is 1.00. The summed E-state index contributed by atoms with van der Waals surface area (Å²) in [5, 5.41) is 0. The summed E-state index contributed by atoms with van der Waals surface area (Å²) in [4.78, 5) is 0. The Bertz CT molecular complexity index is 597. The fourth-order valence-corrected chi connectivity index (χ4v) is 3.20. The summed E-state index contributed by atoms with van der Waals surface area (Å²) >= 11 is -2.21. The average molecular weight is 446 g/mol. The highest BCUT2D eigenvalue weighted by Crippen LogP contribution is 2.22. The molecule has 2 fully saturated rings. The van der Waals surface area contributed by atoms with Gasteiger partial charge in [-0.15, -0.1) is 0 Å². The van der Waals surface area contributed by atoms with Crippen molar-refractivity contribution in [2.24, 2.45) is 0 Å². The van der Waals surface area contributed by atoms with E-state index in [0.717, 1.165) is 0 Å². The molecule has 158 valence electrons. The van der Waals surface area contributed by atoms with Gasteiger partial charge in [-0.2, -0.15) is 12.6 Å². The number of hydrogen-bond donors (Lipinski definition) is 0. The Morgan fingerprint density at radius 1 is 1.22 bits per heavy atom. The van der Waals surface area contributed by atoms with Crippen LogP contribution in [0.5, 0.6) is 0 Å². The molecule has 2 aliphatic heterocycles. The highest BCUT2D eigenvalue weighted by Gasteiger charge is 2.42. The minimum absolute atomic E-state index is 0.541. The Kier molecular flexibility index (Phi) is 8.38. The molecule has 0 amide bonds. The van der Waals surface area contributed by atoms with Gasteiger partial charge in [0.1, 0.15) is 25.9 Å². The fourth-order valence-electron chi connectivity index (χ4n) is 1.75. The molecular weight excluding hydrogens is 431 g/mol. The smallest absolute Gasteiger partial charge is 0.383 e. The van der Waals surface area contributed by atoms with Crippen LogP contribution >= 0.6 is 0 Å². The molecule has 27 heavy (non-hydrogen) atoms. The SMILES string of the molecule is O=S1OCC(F)C(COB(OCC(F)F)OCC2(F)COS(=O)(=O)OC2)O1. The van der Waals surface area contributed by atoms with Gasteiger partial charge in [0.25, 0.3) is 6.43 Å². The van der Waals surface area contributed by atoms with Gasteiger partial charge in [-0.25, -0.2) is 25.9 Å². The maximum absolute atomic E-state index is 14.3. The summed E-state index contributed by atoms with van der Waals surface area (Å²) in [5.41, 5.74) is -2.43. The lowest BCUT2D eigenvalue weighted by molar-refractivity contribution is -0.0604. The van der Waals surface area contributed by atoms with Gasteiger partial charge in [0, 0.05) is 0 Å². The van der Waals surface area contributed by atoms with Crippen LogP contribution in [0.3, 0.4) is 0 Å². The number of alkyl halides is 4. The van der Waals surface area contributed by atoms with E-state index in [1.807, 2.05) is 0 Å². The van der Waals surface area contributed by atoms with Crippen LogP contribution in [0.15, 0.2) is 0 Å². The van der Waals surface area contributed by atoms with E-state index in [-0.39, 0.29) is 0 Å². The second-order valence-corrected chi connectivity index (χ2v) is 7.50. The quantitative estimate of drug-likeness (QED) is 0.343. The summed E-state index contributed by atoms with van der Waals surface area (Å²) in [7, 11) is -6.18. The molecule has 0 aliphatic carbocycles. The zero-order valence-electron chi connectivity index (χ0n) is 13.5. The van der Waals surface area contributed by atoms with Crippen LogP contribution in [0.2, 0.25) is 0 Å². The molecule has 0 aromatic carbocycles. The molecule has 0 spiro atoms. The summed E-state index contributed by atoms with van der Waals surface area (Å²) in [5.74, 6) is 0. The van der Waals surface area contributed by atoms with E-state index < -0.39 is 93.1 Å². The van der Waals surface area contributed by atoms with Crippen molar-refractivity contribution in [3.63, 3.8) is 0 Å². The van der Waals surface area contributed by atoms with Crippen molar-refractivity contribution >= 4 is 29.1 Å². The zero-order valence-corrected chi connectivity index (χ0v) is 15.1. The molecule has 0 N–H and O–H groups in total. The lowest BCUT2D eigenvalue weighted by atomic mass is 10.1. The molecule has 2 heterocycles. The average Bonchev–Trinajstić information content (AvgIpc) is 2.60. The summed E-state index contributed by atoms with van der Waals surface area (Å²) < 4.78 is 117. The van der Waals surface area contributed by atoms with E-state index in [1.165, 1.54) is 0 Å². The maximum Gasteiger partial charge on any atom is 0.639 e. The molecule has 0 radical (unpaired) electrons. The van der Waals surface area contributed by atoms with Crippen molar-refractivity contribution < 1.29 is 60.9 Å². The van der Waals surface area contributed by atoms with Gasteiger partial charge < -0.3 is 14.0 Å². The van der Waals surface area contributed by atoms with Crippen molar-refractivity contribution in [1.82, 2.24) is 0 Å². The van der Waals surface area contributed by atoms with Gasteiger partial charge in [-0.1, -0.05) is 0 Å². The van der Waals surface area contributed by atoms with Crippen molar-refractivity contribution in [2.45, 2.75) is 24.4 Å². The van der Waals surface area contributed by atoms with Crippen molar-refractivity contribution in [3.8, 4) is 0 Å². The van der Waals surface area contributed by atoms with Crippen LogP contribution in [0.1, 0.15) is 0 Å². The van der Waals surface area contributed by atoms with E-state index in [0.29, 0.717) is 0 Å². The predicted molar refractivity (Wildman–Crippen MR) is 78.1 cm³/mol. The lowest BCUT2D eigenvalue weighted by Gasteiger charge is -2.29. The third-order valence-corrected chi connectivity index (χ3v) is 4.63. The van der Waals surface area contributed by atoms with Crippen LogP contribution < -0.4 is 0 Å². The summed E-state index contributed by atoms with van der Waals surface area (Å²) in [6.45, 7) is -5.11. The molecular formula is C10H15BF4O10S2. The molecule has 2 saturated heterocycles. The number of halogens is 4. The largest absolute Gasteiger partial charge is 0.639 e. The van der Waals surface area contributed by atoms with Crippen LogP contribution in [-0.2, 0) is 52.5 Å². The molecule has 2 rings (SSSR count).